The number of nitrogens with zero attached hydrogens (tertiary/aromatic N) is 1. The van der Waals surface area contributed by atoms with Crippen LogP contribution in [-0.2, 0) is 0 Å². The highest BCUT2D eigenvalue weighted by molar-refractivity contribution is 6.00. The van der Waals surface area contributed by atoms with Gasteiger partial charge in [-0.25, -0.2) is 0 Å². The Morgan fingerprint density at radius 1 is 1.35 bits per heavy atom. The molecule has 0 aliphatic rings. The Morgan fingerprint density at radius 3 is 2.71 bits per heavy atom. The van der Waals surface area contributed by atoms with Gasteiger partial charge in [-0.1, -0.05) is 31.1 Å². The summed E-state index contributed by atoms with van der Waals surface area (Å²) in [4.78, 5) is 0. The molecule has 0 aliphatic heterocycles. The molecule has 1 N–H and O–H groups in total. The van der Waals surface area contributed by atoms with Crippen LogP contribution in [0.2, 0.25) is 0 Å². The Morgan fingerprint density at radius 2 is 2.06 bits per heavy atom. The molecule has 0 fully saturated rings. The van der Waals surface area contributed by atoms with Gasteiger partial charge in [-0.15, -0.1) is 0 Å². The molecule has 0 aromatic heterocycles. The SMILES string of the molecule is C/C(=N\O)c1ccccc1OCCCC(C)C. The third-order valence-electron chi connectivity index (χ3n) is 2.61. The quantitative estimate of drug-likeness (QED) is 0.353. The minimum Gasteiger partial charge on any atom is -0.493 e. The summed E-state index contributed by atoms with van der Waals surface area (Å²) in [6.45, 7) is 6.87. The Balaban J connectivity index is 2.58. The average molecular weight is 235 g/mol. The first kappa shape index (κ1) is 13.6. The number of rotatable bonds is 6. The molecule has 0 spiro atoms. The molecule has 1 rings (SSSR count). The van der Waals surface area contributed by atoms with Crippen molar-refractivity contribution in [3.8, 4) is 5.75 Å². The van der Waals surface area contributed by atoms with E-state index in [1.807, 2.05) is 24.3 Å². The fourth-order valence-corrected chi connectivity index (χ4v) is 1.62. The Labute approximate surface area is 103 Å². The zero-order chi connectivity index (χ0) is 12.7. The van der Waals surface area contributed by atoms with E-state index in [1.165, 1.54) is 0 Å². The lowest BCUT2D eigenvalue weighted by Gasteiger charge is -2.11. The van der Waals surface area contributed by atoms with E-state index in [-0.39, 0.29) is 0 Å². The number of oxime groups is 1. The Hall–Kier alpha value is -1.51. The summed E-state index contributed by atoms with van der Waals surface area (Å²) in [6.07, 6.45) is 2.20. The maximum atomic E-state index is 8.79. The Kier molecular flexibility index (Phi) is 5.53. The van der Waals surface area contributed by atoms with Gasteiger partial charge < -0.3 is 9.94 Å². The van der Waals surface area contributed by atoms with Gasteiger partial charge in [0.25, 0.3) is 0 Å². The predicted octanol–water partition coefficient (Wildman–Crippen LogP) is 3.70. The number of para-hydroxylation sites is 1. The maximum absolute atomic E-state index is 8.79. The highest BCUT2D eigenvalue weighted by Gasteiger charge is 2.06. The Bertz CT molecular complexity index is 372. The molecule has 0 amide bonds. The minimum absolute atomic E-state index is 0.574. The van der Waals surface area contributed by atoms with E-state index in [4.69, 9.17) is 9.94 Å². The highest BCUT2D eigenvalue weighted by Crippen LogP contribution is 2.19. The molecule has 0 radical (unpaired) electrons. The first-order valence-electron chi connectivity index (χ1n) is 6.06. The van der Waals surface area contributed by atoms with Crippen LogP contribution in [0, 0.1) is 5.92 Å². The second-order valence-electron chi connectivity index (χ2n) is 4.57. The third kappa shape index (κ3) is 4.47. The molecule has 94 valence electrons. The summed E-state index contributed by atoms with van der Waals surface area (Å²) in [6, 6.07) is 7.63. The molecule has 3 heteroatoms. The van der Waals surface area contributed by atoms with Gasteiger partial charge in [0, 0.05) is 5.56 Å². The molecule has 0 saturated heterocycles. The number of hydrogen-bond donors (Lipinski definition) is 1. The van der Waals surface area contributed by atoms with Crippen molar-refractivity contribution in [3.05, 3.63) is 29.8 Å². The van der Waals surface area contributed by atoms with Crippen LogP contribution in [0.3, 0.4) is 0 Å². The zero-order valence-electron chi connectivity index (χ0n) is 10.8. The topological polar surface area (TPSA) is 41.8 Å². The van der Waals surface area contributed by atoms with Crippen LogP contribution < -0.4 is 4.74 Å². The molecule has 1 aromatic rings. The highest BCUT2D eigenvalue weighted by atomic mass is 16.5. The number of hydrogen-bond acceptors (Lipinski definition) is 3. The van der Waals surface area contributed by atoms with Gasteiger partial charge in [0.15, 0.2) is 0 Å². The van der Waals surface area contributed by atoms with E-state index in [9.17, 15) is 0 Å². The second kappa shape index (κ2) is 6.94. The van der Waals surface area contributed by atoms with Crippen molar-refractivity contribution in [1.82, 2.24) is 0 Å². The molecule has 17 heavy (non-hydrogen) atoms. The van der Waals surface area contributed by atoms with Crippen LogP contribution in [0.25, 0.3) is 0 Å². The normalized spacial score (nSPS) is 11.9. The molecular formula is C14H21NO2. The second-order valence-corrected chi connectivity index (χ2v) is 4.57. The largest absolute Gasteiger partial charge is 0.493 e. The number of benzene rings is 1. The van der Waals surface area contributed by atoms with Crippen LogP contribution in [0.1, 0.15) is 39.2 Å². The summed E-state index contributed by atoms with van der Waals surface area (Å²) < 4.78 is 5.72. The summed E-state index contributed by atoms with van der Waals surface area (Å²) >= 11 is 0. The van der Waals surface area contributed by atoms with Crippen molar-refractivity contribution in [2.24, 2.45) is 11.1 Å². The summed E-state index contributed by atoms with van der Waals surface area (Å²) in [5.74, 6) is 1.49. The first-order chi connectivity index (χ1) is 8.15. The van der Waals surface area contributed by atoms with Crippen molar-refractivity contribution in [1.29, 1.82) is 0 Å². The average Bonchev–Trinajstić information content (AvgIpc) is 2.34. The standard InChI is InChI=1S/C14H21NO2/c1-11(2)7-6-10-17-14-9-5-4-8-13(14)12(3)15-16/h4-5,8-9,11,16H,6-7,10H2,1-3H3/b15-12+. The van der Waals surface area contributed by atoms with E-state index < -0.39 is 0 Å². The summed E-state index contributed by atoms with van der Waals surface area (Å²) in [5.41, 5.74) is 1.42. The molecule has 3 nitrogen and oxygen atoms in total. The summed E-state index contributed by atoms with van der Waals surface area (Å²) in [7, 11) is 0. The van der Waals surface area contributed by atoms with Gasteiger partial charge in [-0.3, -0.25) is 0 Å². The molecule has 0 unspecified atom stereocenters. The van der Waals surface area contributed by atoms with E-state index in [0.717, 1.165) is 24.2 Å². The van der Waals surface area contributed by atoms with Crippen molar-refractivity contribution in [3.63, 3.8) is 0 Å². The molecule has 0 heterocycles. The van der Waals surface area contributed by atoms with Gasteiger partial charge in [0.1, 0.15) is 5.75 Å². The van der Waals surface area contributed by atoms with Crippen LogP contribution in [0.5, 0.6) is 5.75 Å². The molecular weight excluding hydrogens is 214 g/mol. The van der Waals surface area contributed by atoms with Gasteiger partial charge in [0.05, 0.1) is 12.3 Å². The van der Waals surface area contributed by atoms with Crippen molar-refractivity contribution in [2.45, 2.75) is 33.6 Å². The van der Waals surface area contributed by atoms with Crippen LogP contribution >= 0.6 is 0 Å². The van der Waals surface area contributed by atoms with Crippen LogP contribution in [0.15, 0.2) is 29.4 Å². The lowest BCUT2D eigenvalue weighted by atomic mass is 10.1. The van der Waals surface area contributed by atoms with E-state index in [0.29, 0.717) is 18.2 Å². The van der Waals surface area contributed by atoms with Gasteiger partial charge >= 0.3 is 0 Å². The van der Waals surface area contributed by atoms with Gasteiger partial charge in [-0.2, -0.15) is 0 Å². The third-order valence-corrected chi connectivity index (χ3v) is 2.61. The van der Waals surface area contributed by atoms with E-state index >= 15 is 0 Å². The molecule has 0 aliphatic carbocycles. The maximum Gasteiger partial charge on any atom is 0.128 e. The lowest BCUT2D eigenvalue weighted by Crippen LogP contribution is -2.04. The monoisotopic (exact) mass is 235 g/mol. The van der Waals surface area contributed by atoms with Gasteiger partial charge in [0.2, 0.25) is 0 Å². The fraction of sp³-hybridized carbons (Fsp3) is 0.500. The summed E-state index contributed by atoms with van der Waals surface area (Å²) in [5, 5.41) is 12.0. The van der Waals surface area contributed by atoms with Gasteiger partial charge in [-0.05, 0) is 37.8 Å². The zero-order valence-corrected chi connectivity index (χ0v) is 10.8. The predicted molar refractivity (Wildman–Crippen MR) is 70.0 cm³/mol. The van der Waals surface area contributed by atoms with E-state index in [2.05, 4.69) is 19.0 Å². The molecule has 0 atom stereocenters. The molecule has 0 saturated carbocycles. The first-order valence-corrected chi connectivity index (χ1v) is 6.06. The lowest BCUT2D eigenvalue weighted by molar-refractivity contribution is 0.296. The molecule has 0 bridgehead atoms. The van der Waals surface area contributed by atoms with Crippen LogP contribution in [-0.4, -0.2) is 17.5 Å². The van der Waals surface area contributed by atoms with Crippen LogP contribution in [0.4, 0.5) is 0 Å². The number of ether oxygens (including phenoxy) is 1. The van der Waals surface area contributed by atoms with Crippen molar-refractivity contribution < 1.29 is 9.94 Å². The van der Waals surface area contributed by atoms with E-state index in [1.54, 1.807) is 6.92 Å². The van der Waals surface area contributed by atoms with Crippen molar-refractivity contribution in [2.75, 3.05) is 6.61 Å². The molecule has 1 aromatic carbocycles. The van der Waals surface area contributed by atoms with Crippen molar-refractivity contribution >= 4 is 5.71 Å². The smallest absolute Gasteiger partial charge is 0.128 e. The fourth-order valence-electron chi connectivity index (χ4n) is 1.62. The minimum atomic E-state index is 0.574.